The molecule has 0 saturated heterocycles. The smallest absolute Gasteiger partial charge is 0.308 e. The molecular weight excluding hydrogens is 208 g/mol. The standard InChI is InChI=1S/C12H14O4/c1-2-16-12(15)7-11(14)10-5-3-9(8-13)4-6-10/h3-6,8,11,14H,2,7H2,1H3. The maximum absolute atomic E-state index is 11.1. The first-order valence-corrected chi connectivity index (χ1v) is 5.06. The van der Waals surface area contributed by atoms with E-state index in [1.54, 1.807) is 31.2 Å². The van der Waals surface area contributed by atoms with Crippen LogP contribution in [-0.4, -0.2) is 24.0 Å². The fourth-order valence-corrected chi connectivity index (χ4v) is 1.29. The molecule has 1 unspecified atom stereocenters. The molecule has 1 N–H and O–H groups in total. The van der Waals surface area contributed by atoms with Gasteiger partial charge in [-0.05, 0) is 12.5 Å². The highest BCUT2D eigenvalue weighted by molar-refractivity contribution is 5.74. The van der Waals surface area contributed by atoms with Gasteiger partial charge in [-0.15, -0.1) is 0 Å². The number of hydrogen-bond donors (Lipinski definition) is 1. The molecule has 0 aromatic heterocycles. The lowest BCUT2D eigenvalue weighted by Gasteiger charge is -2.10. The summed E-state index contributed by atoms with van der Waals surface area (Å²) in [6, 6.07) is 6.43. The first kappa shape index (κ1) is 12.4. The monoisotopic (exact) mass is 222 g/mol. The predicted molar refractivity (Wildman–Crippen MR) is 58.0 cm³/mol. The van der Waals surface area contributed by atoms with E-state index in [-0.39, 0.29) is 6.42 Å². The highest BCUT2D eigenvalue weighted by atomic mass is 16.5. The fraction of sp³-hybridized carbons (Fsp3) is 0.333. The molecular formula is C12H14O4. The Balaban J connectivity index is 2.61. The molecule has 0 heterocycles. The summed E-state index contributed by atoms with van der Waals surface area (Å²) in [4.78, 5) is 21.5. The van der Waals surface area contributed by atoms with Crippen molar-refractivity contribution >= 4 is 12.3 Å². The lowest BCUT2D eigenvalue weighted by molar-refractivity contribution is -0.145. The summed E-state index contributed by atoms with van der Waals surface area (Å²) in [6.07, 6.45) is -0.241. The van der Waals surface area contributed by atoms with Crippen LogP contribution in [0.25, 0.3) is 0 Å². The molecule has 0 bridgehead atoms. The van der Waals surface area contributed by atoms with E-state index in [1.807, 2.05) is 0 Å². The molecule has 1 aromatic carbocycles. The Morgan fingerprint density at radius 2 is 2.06 bits per heavy atom. The summed E-state index contributed by atoms with van der Waals surface area (Å²) in [7, 11) is 0. The Bertz CT molecular complexity index is 356. The van der Waals surface area contributed by atoms with E-state index in [9.17, 15) is 14.7 Å². The Hall–Kier alpha value is -1.68. The lowest BCUT2D eigenvalue weighted by Crippen LogP contribution is -2.10. The van der Waals surface area contributed by atoms with E-state index in [4.69, 9.17) is 4.74 Å². The van der Waals surface area contributed by atoms with Gasteiger partial charge in [0, 0.05) is 5.56 Å². The van der Waals surface area contributed by atoms with Gasteiger partial charge in [-0.3, -0.25) is 9.59 Å². The predicted octanol–water partition coefficient (Wildman–Crippen LogP) is 1.49. The number of aliphatic hydroxyl groups excluding tert-OH is 1. The van der Waals surface area contributed by atoms with Gasteiger partial charge in [0.25, 0.3) is 0 Å². The van der Waals surface area contributed by atoms with Crippen molar-refractivity contribution in [2.45, 2.75) is 19.4 Å². The number of benzene rings is 1. The fourth-order valence-electron chi connectivity index (χ4n) is 1.29. The molecule has 0 amide bonds. The molecule has 16 heavy (non-hydrogen) atoms. The third kappa shape index (κ3) is 3.47. The zero-order valence-electron chi connectivity index (χ0n) is 9.05. The van der Waals surface area contributed by atoms with Crippen LogP contribution in [0.15, 0.2) is 24.3 Å². The molecule has 0 aliphatic carbocycles. The SMILES string of the molecule is CCOC(=O)CC(O)c1ccc(C=O)cc1. The van der Waals surface area contributed by atoms with Crippen LogP contribution in [0.5, 0.6) is 0 Å². The van der Waals surface area contributed by atoms with Gasteiger partial charge >= 0.3 is 5.97 Å². The van der Waals surface area contributed by atoms with Crippen LogP contribution in [0.4, 0.5) is 0 Å². The van der Waals surface area contributed by atoms with Crippen molar-refractivity contribution in [3.05, 3.63) is 35.4 Å². The minimum atomic E-state index is -0.889. The van der Waals surface area contributed by atoms with Crippen LogP contribution in [0, 0.1) is 0 Å². The minimum Gasteiger partial charge on any atom is -0.466 e. The van der Waals surface area contributed by atoms with Gasteiger partial charge in [0.1, 0.15) is 6.29 Å². The summed E-state index contributed by atoms with van der Waals surface area (Å²) in [5.41, 5.74) is 1.13. The highest BCUT2D eigenvalue weighted by Crippen LogP contribution is 2.17. The van der Waals surface area contributed by atoms with Crippen molar-refractivity contribution in [3.63, 3.8) is 0 Å². The first-order chi connectivity index (χ1) is 7.67. The molecule has 1 aromatic rings. The van der Waals surface area contributed by atoms with Gasteiger partial charge in [0.2, 0.25) is 0 Å². The van der Waals surface area contributed by atoms with E-state index in [0.717, 1.165) is 6.29 Å². The van der Waals surface area contributed by atoms with Gasteiger partial charge in [-0.25, -0.2) is 0 Å². The second-order valence-corrected chi connectivity index (χ2v) is 3.31. The third-order valence-corrected chi connectivity index (χ3v) is 2.12. The number of hydrogen-bond acceptors (Lipinski definition) is 4. The number of aldehydes is 1. The first-order valence-electron chi connectivity index (χ1n) is 5.06. The third-order valence-electron chi connectivity index (χ3n) is 2.12. The Kier molecular flexibility index (Phi) is 4.66. The normalized spacial score (nSPS) is 11.9. The molecule has 0 spiro atoms. The van der Waals surface area contributed by atoms with Crippen molar-refractivity contribution < 1.29 is 19.4 Å². The quantitative estimate of drug-likeness (QED) is 0.605. The second kappa shape index (κ2) is 6.02. The van der Waals surface area contributed by atoms with E-state index < -0.39 is 12.1 Å². The van der Waals surface area contributed by atoms with Gasteiger partial charge in [-0.1, -0.05) is 24.3 Å². The number of rotatable bonds is 5. The Morgan fingerprint density at radius 3 is 2.56 bits per heavy atom. The average Bonchev–Trinajstić information content (AvgIpc) is 2.29. The molecule has 1 atom stereocenters. The maximum Gasteiger partial charge on any atom is 0.308 e. The summed E-state index contributed by atoms with van der Waals surface area (Å²) in [6.45, 7) is 2.01. The van der Waals surface area contributed by atoms with Gasteiger partial charge in [0.15, 0.2) is 0 Å². The van der Waals surface area contributed by atoms with Crippen LogP contribution in [0.2, 0.25) is 0 Å². The van der Waals surface area contributed by atoms with Crippen molar-refractivity contribution in [2.75, 3.05) is 6.61 Å². The van der Waals surface area contributed by atoms with Crippen molar-refractivity contribution in [2.24, 2.45) is 0 Å². The number of ether oxygens (including phenoxy) is 1. The van der Waals surface area contributed by atoms with Crippen LogP contribution in [-0.2, 0) is 9.53 Å². The van der Waals surface area contributed by atoms with E-state index in [0.29, 0.717) is 17.7 Å². The molecule has 0 radical (unpaired) electrons. The van der Waals surface area contributed by atoms with E-state index in [2.05, 4.69) is 0 Å². The zero-order valence-corrected chi connectivity index (χ0v) is 9.05. The number of carbonyl (C=O) groups is 2. The summed E-state index contributed by atoms with van der Waals surface area (Å²) in [5.74, 6) is -0.436. The highest BCUT2D eigenvalue weighted by Gasteiger charge is 2.13. The van der Waals surface area contributed by atoms with Gasteiger partial charge in [-0.2, -0.15) is 0 Å². The maximum atomic E-state index is 11.1. The van der Waals surface area contributed by atoms with Gasteiger partial charge in [0.05, 0.1) is 19.1 Å². The van der Waals surface area contributed by atoms with E-state index >= 15 is 0 Å². The van der Waals surface area contributed by atoms with E-state index in [1.165, 1.54) is 0 Å². The van der Waals surface area contributed by atoms with Crippen molar-refractivity contribution in [3.8, 4) is 0 Å². The molecule has 86 valence electrons. The number of aliphatic hydroxyl groups is 1. The molecule has 4 heteroatoms. The molecule has 0 aliphatic rings. The zero-order chi connectivity index (χ0) is 12.0. The molecule has 4 nitrogen and oxygen atoms in total. The van der Waals surface area contributed by atoms with Crippen LogP contribution in [0.3, 0.4) is 0 Å². The topological polar surface area (TPSA) is 63.6 Å². The molecule has 0 saturated carbocycles. The second-order valence-electron chi connectivity index (χ2n) is 3.31. The Morgan fingerprint density at radius 1 is 1.44 bits per heavy atom. The van der Waals surface area contributed by atoms with Crippen LogP contribution >= 0.6 is 0 Å². The average molecular weight is 222 g/mol. The van der Waals surface area contributed by atoms with Crippen LogP contribution < -0.4 is 0 Å². The molecule has 1 rings (SSSR count). The molecule has 0 fully saturated rings. The van der Waals surface area contributed by atoms with Crippen LogP contribution in [0.1, 0.15) is 35.4 Å². The largest absolute Gasteiger partial charge is 0.466 e. The summed E-state index contributed by atoms with van der Waals surface area (Å²) >= 11 is 0. The molecule has 0 aliphatic heterocycles. The van der Waals surface area contributed by atoms with Crippen molar-refractivity contribution in [1.82, 2.24) is 0 Å². The lowest BCUT2D eigenvalue weighted by atomic mass is 10.1. The van der Waals surface area contributed by atoms with Crippen molar-refractivity contribution in [1.29, 1.82) is 0 Å². The Labute approximate surface area is 93.9 Å². The number of esters is 1. The number of carbonyl (C=O) groups excluding carboxylic acids is 2. The van der Waals surface area contributed by atoms with Gasteiger partial charge < -0.3 is 9.84 Å². The summed E-state index contributed by atoms with van der Waals surface area (Å²) < 4.78 is 4.72. The minimum absolute atomic E-state index is 0.0751. The summed E-state index contributed by atoms with van der Waals surface area (Å²) in [5, 5.41) is 9.69.